The lowest BCUT2D eigenvalue weighted by Gasteiger charge is -2.15. The standard InChI is InChI=1S/C20H26N2O4/c1-5-14-8-6-7-9-16(14)22-20(23)21-11-10-15-12-18(25-3)19(26-4)13-17(15)24-2/h6-9,12-13H,5,10-11H2,1-4H3,(H2,21,22,23). The number of carbonyl (C=O) groups excluding carboxylic acids is 1. The summed E-state index contributed by atoms with van der Waals surface area (Å²) >= 11 is 0. The van der Waals surface area contributed by atoms with Gasteiger partial charge in [-0.25, -0.2) is 4.79 Å². The number of para-hydroxylation sites is 1. The number of amides is 2. The minimum absolute atomic E-state index is 0.231. The van der Waals surface area contributed by atoms with E-state index in [0.29, 0.717) is 30.2 Å². The maximum absolute atomic E-state index is 12.2. The molecule has 0 saturated heterocycles. The van der Waals surface area contributed by atoms with Crippen LogP contribution in [0, 0.1) is 0 Å². The molecule has 2 rings (SSSR count). The molecule has 2 aromatic rings. The third-order valence-electron chi connectivity index (χ3n) is 4.11. The summed E-state index contributed by atoms with van der Waals surface area (Å²) in [4.78, 5) is 12.2. The fourth-order valence-corrected chi connectivity index (χ4v) is 2.72. The summed E-state index contributed by atoms with van der Waals surface area (Å²) in [6.45, 7) is 2.52. The number of urea groups is 1. The molecule has 2 N–H and O–H groups in total. The fraction of sp³-hybridized carbons (Fsp3) is 0.350. The van der Waals surface area contributed by atoms with Gasteiger partial charge >= 0.3 is 6.03 Å². The molecule has 0 unspecified atom stereocenters. The highest BCUT2D eigenvalue weighted by molar-refractivity contribution is 5.90. The van der Waals surface area contributed by atoms with Crippen molar-refractivity contribution in [3.05, 3.63) is 47.5 Å². The van der Waals surface area contributed by atoms with E-state index in [9.17, 15) is 4.79 Å². The average Bonchev–Trinajstić information content (AvgIpc) is 2.67. The molecule has 0 aliphatic rings. The van der Waals surface area contributed by atoms with Gasteiger partial charge in [0.2, 0.25) is 0 Å². The van der Waals surface area contributed by atoms with Gasteiger partial charge in [-0.1, -0.05) is 25.1 Å². The van der Waals surface area contributed by atoms with E-state index < -0.39 is 0 Å². The Morgan fingerprint density at radius 2 is 1.58 bits per heavy atom. The third-order valence-corrected chi connectivity index (χ3v) is 4.11. The summed E-state index contributed by atoms with van der Waals surface area (Å²) in [6.07, 6.45) is 1.46. The zero-order chi connectivity index (χ0) is 18.9. The van der Waals surface area contributed by atoms with Gasteiger partial charge < -0.3 is 24.8 Å². The second-order valence-corrected chi connectivity index (χ2v) is 5.66. The minimum Gasteiger partial charge on any atom is -0.496 e. The molecule has 0 radical (unpaired) electrons. The van der Waals surface area contributed by atoms with Gasteiger partial charge in [-0.15, -0.1) is 0 Å². The van der Waals surface area contributed by atoms with Crippen LogP contribution >= 0.6 is 0 Å². The second kappa shape index (κ2) is 9.56. The van der Waals surface area contributed by atoms with E-state index in [4.69, 9.17) is 14.2 Å². The Balaban J connectivity index is 1.97. The van der Waals surface area contributed by atoms with Crippen molar-refractivity contribution in [1.29, 1.82) is 0 Å². The molecule has 0 bridgehead atoms. The molecule has 26 heavy (non-hydrogen) atoms. The van der Waals surface area contributed by atoms with Gasteiger partial charge in [0.05, 0.1) is 21.3 Å². The summed E-state index contributed by atoms with van der Waals surface area (Å²) in [7, 11) is 4.77. The lowest BCUT2D eigenvalue weighted by Crippen LogP contribution is -2.30. The Labute approximate surface area is 154 Å². The van der Waals surface area contributed by atoms with Crippen molar-refractivity contribution in [2.45, 2.75) is 19.8 Å². The van der Waals surface area contributed by atoms with E-state index in [2.05, 4.69) is 17.6 Å². The molecule has 0 atom stereocenters. The van der Waals surface area contributed by atoms with Crippen molar-refractivity contribution in [1.82, 2.24) is 5.32 Å². The van der Waals surface area contributed by atoms with Gasteiger partial charge in [0.1, 0.15) is 5.75 Å². The number of ether oxygens (including phenoxy) is 3. The van der Waals surface area contributed by atoms with Gasteiger partial charge in [-0.3, -0.25) is 0 Å². The van der Waals surface area contributed by atoms with E-state index in [1.54, 1.807) is 27.4 Å². The van der Waals surface area contributed by atoms with E-state index in [0.717, 1.165) is 23.2 Å². The largest absolute Gasteiger partial charge is 0.496 e. The van der Waals surface area contributed by atoms with Gasteiger partial charge in [0.15, 0.2) is 11.5 Å². The summed E-state index contributed by atoms with van der Waals surface area (Å²) < 4.78 is 16.0. The maximum atomic E-state index is 12.2. The van der Waals surface area contributed by atoms with Crippen LogP contribution < -0.4 is 24.8 Å². The summed E-state index contributed by atoms with van der Waals surface area (Å²) in [5.74, 6) is 1.93. The molecule has 2 aromatic carbocycles. The van der Waals surface area contributed by atoms with Crippen LogP contribution in [0.5, 0.6) is 17.2 Å². The normalized spacial score (nSPS) is 10.2. The molecule has 6 nitrogen and oxygen atoms in total. The third kappa shape index (κ3) is 4.81. The Kier molecular flexibility index (Phi) is 7.14. The highest BCUT2D eigenvalue weighted by atomic mass is 16.5. The highest BCUT2D eigenvalue weighted by Crippen LogP contribution is 2.34. The SMILES string of the molecule is CCc1ccccc1NC(=O)NCCc1cc(OC)c(OC)cc1OC. The monoisotopic (exact) mass is 358 g/mol. The fourth-order valence-electron chi connectivity index (χ4n) is 2.72. The lowest BCUT2D eigenvalue weighted by atomic mass is 10.1. The lowest BCUT2D eigenvalue weighted by molar-refractivity contribution is 0.252. The van der Waals surface area contributed by atoms with E-state index in [-0.39, 0.29) is 6.03 Å². The molecule has 0 fully saturated rings. The summed E-state index contributed by atoms with van der Waals surface area (Å²) in [5.41, 5.74) is 2.86. The number of hydrogen-bond acceptors (Lipinski definition) is 4. The molecule has 2 amide bonds. The molecule has 6 heteroatoms. The van der Waals surface area contributed by atoms with Crippen molar-refractivity contribution < 1.29 is 19.0 Å². The average molecular weight is 358 g/mol. The number of hydrogen-bond donors (Lipinski definition) is 2. The quantitative estimate of drug-likeness (QED) is 0.756. The predicted molar refractivity (Wildman–Crippen MR) is 103 cm³/mol. The van der Waals surface area contributed by atoms with Crippen LogP contribution in [0.25, 0.3) is 0 Å². The minimum atomic E-state index is -0.231. The molecule has 0 aliphatic heterocycles. The highest BCUT2D eigenvalue weighted by Gasteiger charge is 2.12. The van der Waals surface area contributed by atoms with Crippen LogP contribution in [-0.4, -0.2) is 33.9 Å². The van der Waals surface area contributed by atoms with Crippen LogP contribution in [0.2, 0.25) is 0 Å². The van der Waals surface area contributed by atoms with Gasteiger partial charge in [-0.2, -0.15) is 0 Å². The molecular formula is C20H26N2O4. The van der Waals surface area contributed by atoms with Crippen molar-refractivity contribution >= 4 is 11.7 Å². The Morgan fingerprint density at radius 1 is 0.923 bits per heavy atom. The number of anilines is 1. The molecule has 0 aliphatic carbocycles. The topological polar surface area (TPSA) is 68.8 Å². The molecule has 0 spiro atoms. The molecule has 140 valence electrons. The van der Waals surface area contributed by atoms with Crippen molar-refractivity contribution in [2.75, 3.05) is 33.2 Å². The zero-order valence-corrected chi connectivity index (χ0v) is 15.7. The maximum Gasteiger partial charge on any atom is 0.319 e. The summed E-state index contributed by atoms with van der Waals surface area (Å²) in [5, 5.41) is 5.76. The van der Waals surface area contributed by atoms with Gasteiger partial charge in [-0.05, 0) is 36.1 Å². The van der Waals surface area contributed by atoms with Gasteiger partial charge in [0, 0.05) is 18.3 Å². The van der Waals surface area contributed by atoms with Crippen LogP contribution in [0.4, 0.5) is 10.5 Å². The van der Waals surface area contributed by atoms with E-state index in [1.807, 2.05) is 30.3 Å². The predicted octanol–water partition coefficient (Wildman–Crippen LogP) is 3.64. The zero-order valence-electron chi connectivity index (χ0n) is 15.7. The number of carbonyl (C=O) groups is 1. The Hall–Kier alpha value is -2.89. The number of methoxy groups -OCH3 is 3. The first-order valence-corrected chi connectivity index (χ1v) is 8.54. The second-order valence-electron chi connectivity index (χ2n) is 5.66. The van der Waals surface area contributed by atoms with Crippen LogP contribution in [-0.2, 0) is 12.8 Å². The molecule has 0 heterocycles. The number of benzene rings is 2. The number of rotatable bonds is 8. The molecule has 0 aromatic heterocycles. The Bertz CT molecular complexity index is 747. The Morgan fingerprint density at radius 3 is 2.23 bits per heavy atom. The number of nitrogens with one attached hydrogen (secondary N) is 2. The first kappa shape index (κ1) is 19.4. The van der Waals surface area contributed by atoms with E-state index >= 15 is 0 Å². The summed E-state index contributed by atoms with van der Waals surface area (Å²) in [6, 6.07) is 11.2. The van der Waals surface area contributed by atoms with Crippen LogP contribution in [0.15, 0.2) is 36.4 Å². The molecular weight excluding hydrogens is 332 g/mol. The smallest absolute Gasteiger partial charge is 0.319 e. The van der Waals surface area contributed by atoms with Crippen molar-refractivity contribution in [2.24, 2.45) is 0 Å². The van der Waals surface area contributed by atoms with Crippen molar-refractivity contribution in [3.63, 3.8) is 0 Å². The first-order valence-electron chi connectivity index (χ1n) is 8.54. The first-order chi connectivity index (χ1) is 12.6. The van der Waals surface area contributed by atoms with Crippen LogP contribution in [0.1, 0.15) is 18.1 Å². The molecule has 0 saturated carbocycles. The van der Waals surface area contributed by atoms with E-state index in [1.165, 1.54) is 0 Å². The van der Waals surface area contributed by atoms with Crippen LogP contribution in [0.3, 0.4) is 0 Å². The number of aryl methyl sites for hydroxylation is 1. The van der Waals surface area contributed by atoms with Crippen molar-refractivity contribution in [3.8, 4) is 17.2 Å². The van der Waals surface area contributed by atoms with Gasteiger partial charge in [0.25, 0.3) is 0 Å².